The molecule has 2 amide bonds. The lowest BCUT2D eigenvalue weighted by molar-refractivity contribution is -0.384. The third-order valence-corrected chi connectivity index (χ3v) is 11.4. The van der Waals surface area contributed by atoms with Crippen molar-refractivity contribution in [2.75, 3.05) is 13.1 Å². The molecule has 32 heavy (non-hydrogen) atoms. The topological polar surface area (TPSA) is 111 Å². The minimum atomic E-state index is -2.02. The number of amides is 2. The SMILES string of the molecule is CC(C)(C)[Si](C)(C)O[C@@H]1C[C@@H](C2CNC(=O)C2)N(C(=O)OCc2ccc([N+](=O)[O-])cc2)C1. The van der Waals surface area contributed by atoms with Crippen molar-refractivity contribution in [2.24, 2.45) is 5.92 Å². The maximum atomic E-state index is 13.0. The van der Waals surface area contributed by atoms with Gasteiger partial charge < -0.3 is 19.4 Å². The van der Waals surface area contributed by atoms with Gasteiger partial charge in [-0.2, -0.15) is 0 Å². The van der Waals surface area contributed by atoms with Crippen LogP contribution in [0.4, 0.5) is 10.5 Å². The average Bonchev–Trinajstić information content (AvgIpc) is 3.31. The summed E-state index contributed by atoms with van der Waals surface area (Å²) < 4.78 is 12.1. The number of rotatable bonds is 6. The summed E-state index contributed by atoms with van der Waals surface area (Å²) >= 11 is 0. The second kappa shape index (κ2) is 9.19. The molecule has 0 aliphatic carbocycles. The third-order valence-electron chi connectivity index (χ3n) is 6.87. The van der Waals surface area contributed by atoms with Crippen LogP contribution in [0, 0.1) is 16.0 Å². The van der Waals surface area contributed by atoms with E-state index in [2.05, 4.69) is 39.2 Å². The zero-order valence-electron chi connectivity index (χ0n) is 19.4. The summed E-state index contributed by atoms with van der Waals surface area (Å²) in [6, 6.07) is 5.81. The van der Waals surface area contributed by atoms with Gasteiger partial charge in [-0.25, -0.2) is 4.79 Å². The summed E-state index contributed by atoms with van der Waals surface area (Å²) in [4.78, 5) is 36.8. The highest BCUT2D eigenvalue weighted by Gasteiger charge is 2.47. The third kappa shape index (κ3) is 5.47. The molecule has 0 radical (unpaired) electrons. The predicted octanol–water partition coefficient (Wildman–Crippen LogP) is 3.83. The fourth-order valence-corrected chi connectivity index (χ4v) is 5.36. The molecule has 2 heterocycles. The van der Waals surface area contributed by atoms with Gasteiger partial charge in [0, 0.05) is 43.6 Å². The molecule has 1 aromatic carbocycles. The van der Waals surface area contributed by atoms with E-state index in [0.29, 0.717) is 31.5 Å². The first kappa shape index (κ1) is 24.2. The number of likely N-dealkylation sites (tertiary alicyclic amines) is 1. The minimum Gasteiger partial charge on any atom is -0.445 e. The minimum absolute atomic E-state index is 0.00274. The fourth-order valence-electron chi connectivity index (χ4n) is 4.00. The predicted molar refractivity (Wildman–Crippen MR) is 122 cm³/mol. The number of nitro groups is 1. The van der Waals surface area contributed by atoms with Gasteiger partial charge >= 0.3 is 6.09 Å². The summed E-state index contributed by atoms with van der Waals surface area (Å²) in [7, 11) is -2.02. The Morgan fingerprint density at radius 2 is 1.94 bits per heavy atom. The molecule has 1 N–H and O–H groups in total. The van der Waals surface area contributed by atoms with Gasteiger partial charge in [0.1, 0.15) is 6.61 Å². The molecule has 9 nitrogen and oxygen atoms in total. The molecule has 1 unspecified atom stereocenters. The Morgan fingerprint density at radius 3 is 2.47 bits per heavy atom. The van der Waals surface area contributed by atoms with E-state index in [1.165, 1.54) is 12.1 Å². The molecule has 1 aromatic rings. The quantitative estimate of drug-likeness (QED) is 0.390. The number of non-ortho nitro benzene ring substituents is 1. The number of ether oxygens (including phenoxy) is 1. The zero-order chi connectivity index (χ0) is 23.7. The number of carbonyl (C=O) groups excluding carboxylic acids is 2. The first-order valence-corrected chi connectivity index (χ1v) is 13.9. The van der Waals surface area contributed by atoms with Gasteiger partial charge in [-0.3, -0.25) is 14.9 Å². The van der Waals surface area contributed by atoms with E-state index in [1.54, 1.807) is 17.0 Å². The number of hydrogen-bond donors (Lipinski definition) is 1. The van der Waals surface area contributed by atoms with Crippen molar-refractivity contribution in [3.05, 3.63) is 39.9 Å². The Hall–Kier alpha value is -2.46. The number of nitro benzene ring substituents is 1. The lowest BCUT2D eigenvalue weighted by Gasteiger charge is -2.38. The van der Waals surface area contributed by atoms with Gasteiger partial charge in [-0.15, -0.1) is 0 Å². The van der Waals surface area contributed by atoms with Crippen molar-refractivity contribution < 1.29 is 23.7 Å². The number of nitrogens with zero attached hydrogens (tertiary/aromatic N) is 2. The summed E-state index contributed by atoms with van der Waals surface area (Å²) in [5.41, 5.74) is 0.662. The highest BCUT2D eigenvalue weighted by atomic mass is 28.4. The van der Waals surface area contributed by atoms with Crippen LogP contribution < -0.4 is 5.32 Å². The van der Waals surface area contributed by atoms with Crippen molar-refractivity contribution in [1.82, 2.24) is 10.2 Å². The summed E-state index contributed by atoms with van der Waals surface area (Å²) in [5.74, 6) is 0.0328. The summed E-state index contributed by atoms with van der Waals surface area (Å²) in [6.07, 6.45) is 0.528. The normalized spacial score (nSPS) is 23.8. The van der Waals surface area contributed by atoms with Crippen molar-refractivity contribution in [1.29, 1.82) is 0 Å². The molecule has 2 aliphatic heterocycles. The fraction of sp³-hybridized carbons (Fsp3) is 0.636. The average molecular weight is 464 g/mol. The monoisotopic (exact) mass is 463 g/mol. The molecular formula is C22H33N3O6Si. The van der Waals surface area contributed by atoms with E-state index in [1.807, 2.05) is 0 Å². The van der Waals surface area contributed by atoms with Crippen LogP contribution in [0.15, 0.2) is 24.3 Å². The maximum absolute atomic E-state index is 13.0. The zero-order valence-corrected chi connectivity index (χ0v) is 20.4. The van der Waals surface area contributed by atoms with Crippen molar-refractivity contribution in [3.63, 3.8) is 0 Å². The Kier molecular flexibility index (Phi) is 6.94. The van der Waals surface area contributed by atoms with Crippen molar-refractivity contribution in [3.8, 4) is 0 Å². The molecule has 0 saturated carbocycles. The molecule has 2 fully saturated rings. The Morgan fingerprint density at radius 1 is 1.28 bits per heavy atom. The number of benzene rings is 1. The van der Waals surface area contributed by atoms with Crippen LogP contribution in [0.25, 0.3) is 0 Å². The molecule has 0 bridgehead atoms. The maximum Gasteiger partial charge on any atom is 0.410 e. The largest absolute Gasteiger partial charge is 0.445 e. The molecule has 3 rings (SSSR count). The van der Waals surface area contributed by atoms with Gasteiger partial charge in [0.25, 0.3) is 5.69 Å². The number of nitrogens with one attached hydrogen (secondary N) is 1. The van der Waals surface area contributed by atoms with E-state index in [9.17, 15) is 19.7 Å². The smallest absolute Gasteiger partial charge is 0.410 e. The van der Waals surface area contributed by atoms with Gasteiger partial charge in [0.15, 0.2) is 8.32 Å². The molecule has 2 aliphatic rings. The van der Waals surface area contributed by atoms with Crippen molar-refractivity contribution >= 4 is 26.0 Å². The molecule has 0 spiro atoms. The van der Waals surface area contributed by atoms with Crippen LogP contribution in [-0.2, 0) is 20.6 Å². The highest BCUT2D eigenvalue weighted by Crippen LogP contribution is 2.40. The van der Waals surface area contributed by atoms with Crippen LogP contribution in [0.3, 0.4) is 0 Å². The Bertz CT molecular complexity index is 867. The molecule has 176 valence electrons. The van der Waals surface area contributed by atoms with Crippen LogP contribution in [0.5, 0.6) is 0 Å². The Balaban J connectivity index is 1.68. The van der Waals surface area contributed by atoms with E-state index in [0.717, 1.165) is 0 Å². The molecule has 3 atom stereocenters. The second-order valence-corrected chi connectivity index (χ2v) is 15.0. The van der Waals surface area contributed by atoms with Gasteiger partial charge in [0.2, 0.25) is 5.91 Å². The van der Waals surface area contributed by atoms with Crippen molar-refractivity contribution in [2.45, 2.75) is 70.5 Å². The van der Waals surface area contributed by atoms with Crippen LogP contribution >= 0.6 is 0 Å². The lowest BCUT2D eigenvalue weighted by Crippen LogP contribution is -2.45. The van der Waals surface area contributed by atoms with Crippen LogP contribution in [-0.4, -0.2) is 55.4 Å². The molecular weight excluding hydrogens is 430 g/mol. The van der Waals surface area contributed by atoms with Crippen LogP contribution in [0.1, 0.15) is 39.2 Å². The second-order valence-electron chi connectivity index (χ2n) is 10.2. The summed E-state index contributed by atoms with van der Waals surface area (Å²) in [6.45, 7) is 11.9. The van der Waals surface area contributed by atoms with Crippen LogP contribution in [0.2, 0.25) is 18.1 Å². The molecule has 2 saturated heterocycles. The Labute approximate surface area is 189 Å². The first-order valence-electron chi connectivity index (χ1n) is 11.0. The first-order chi connectivity index (χ1) is 14.9. The highest BCUT2D eigenvalue weighted by molar-refractivity contribution is 6.74. The van der Waals surface area contributed by atoms with Gasteiger partial charge in [-0.05, 0) is 42.2 Å². The lowest BCUT2D eigenvalue weighted by atomic mass is 9.96. The molecule has 0 aromatic heterocycles. The standard InChI is InChI=1S/C22H33N3O6Si/c1-22(2,3)32(4,5)31-18-11-19(16-10-20(26)23-12-16)24(13-18)21(27)30-14-15-6-8-17(9-7-15)25(28)29/h6-9,16,18-19H,10-14H2,1-5H3,(H,23,26)/t16?,18-,19+/m1/s1. The van der Waals surface area contributed by atoms with Gasteiger partial charge in [0.05, 0.1) is 11.0 Å². The van der Waals surface area contributed by atoms with Gasteiger partial charge in [-0.1, -0.05) is 20.8 Å². The van der Waals surface area contributed by atoms with E-state index < -0.39 is 19.3 Å². The summed E-state index contributed by atoms with van der Waals surface area (Å²) in [5, 5.41) is 13.7. The van der Waals surface area contributed by atoms with E-state index in [4.69, 9.17) is 9.16 Å². The molecule has 10 heteroatoms. The number of hydrogen-bond acceptors (Lipinski definition) is 6. The number of carbonyl (C=O) groups is 2. The van der Waals surface area contributed by atoms with E-state index in [-0.39, 0.29) is 41.3 Å². The van der Waals surface area contributed by atoms with E-state index >= 15 is 0 Å².